The van der Waals surface area contributed by atoms with Gasteiger partial charge in [-0.3, -0.25) is 0 Å². The molecular weight excluding hydrogens is 560 g/mol. The molecule has 1 spiro atoms. The lowest BCUT2D eigenvalue weighted by atomic mass is 9.90. The normalized spacial score (nSPS) is 18.9. The van der Waals surface area contributed by atoms with Crippen LogP contribution in [0.2, 0.25) is 0 Å². The molecule has 4 rings (SSSR count). The van der Waals surface area contributed by atoms with Gasteiger partial charge in [-0.15, -0.1) is 0 Å². The minimum atomic E-state index is -4.84. The predicted octanol–water partition coefficient (Wildman–Crippen LogP) is 3.97. The first kappa shape index (κ1) is 30.0. The van der Waals surface area contributed by atoms with Crippen molar-refractivity contribution in [2.75, 3.05) is 46.5 Å². The van der Waals surface area contributed by atoms with E-state index >= 15 is 0 Å². The molecule has 40 heavy (non-hydrogen) atoms. The predicted molar refractivity (Wildman–Crippen MR) is 134 cm³/mol. The third-order valence-corrected chi connectivity index (χ3v) is 8.76. The first-order valence-corrected chi connectivity index (χ1v) is 14.0. The van der Waals surface area contributed by atoms with Gasteiger partial charge in [-0.1, -0.05) is 12.1 Å². The number of benzene rings is 2. The van der Waals surface area contributed by atoms with E-state index in [2.05, 4.69) is 0 Å². The van der Waals surface area contributed by atoms with Gasteiger partial charge in [-0.05, 0) is 54.8 Å². The molecule has 0 aromatic heterocycles. The number of rotatable bonds is 8. The SMILES string of the molecule is COc1ccc(COC[C@@H](OC(=O)N2CCC3(CC2)CN(S(=O)(=O)c2ccc(F)cc2)CCO3)C(F)(F)F)cc1. The van der Waals surface area contributed by atoms with Crippen LogP contribution in [0.1, 0.15) is 18.4 Å². The zero-order valence-electron chi connectivity index (χ0n) is 21.7. The topological polar surface area (TPSA) is 94.6 Å². The van der Waals surface area contributed by atoms with Crippen LogP contribution in [-0.4, -0.2) is 88.1 Å². The van der Waals surface area contributed by atoms with Gasteiger partial charge in [0.1, 0.15) is 11.6 Å². The summed E-state index contributed by atoms with van der Waals surface area (Å²) in [5.41, 5.74) is -0.287. The van der Waals surface area contributed by atoms with Gasteiger partial charge in [0.15, 0.2) is 0 Å². The molecule has 9 nitrogen and oxygen atoms in total. The van der Waals surface area contributed by atoms with Crippen LogP contribution >= 0.6 is 0 Å². The van der Waals surface area contributed by atoms with Crippen LogP contribution in [-0.2, 0) is 30.8 Å². The van der Waals surface area contributed by atoms with E-state index in [1.54, 1.807) is 24.3 Å². The largest absolute Gasteiger partial charge is 0.497 e. The Hall–Kier alpha value is -2.94. The highest BCUT2D eigenvalue weighted by Crippen LogP contribution is 2.33. The standard InChI is InChI=1S/C26H30F4N2O7S/c1-36-21-6-2-19(3-7-21)16-37-17-23(26(28,29)30)39-24(33)31-12-10-25(11-13-31)18-32(14-15-38-25)40(34,35)22-8-4-20(27)5-9-22/h2-9,23H,10-18H2,1H3/t23-/m1/s1. The Morgan fingerprint density at radius 3 is 2.30 bits per heavy atom. The summed E-state index contributed by atoms with van der Waals surface area (Å²) in [6, 6.07) is 11.1. The average Bonchev–Trinajstić information content (AvgIpc) is 2.93. The van der Waals surface area contributed by atoms with Crippen LogP contribution in [0.3, 0.4) is 0 Å². The zero-order valence-corrected chi connectivity index (χ0v) is 22.5. The van der Waals surface area contributed by atoms with Crippen molar-refractivity contribution in [1.82, 2.24) is 9.21 Å². The molecular formula is C26H30F4N2O7S. The van der Waals surface area contributed by atoms with Gasteiger partial charge < -0.3 is 23.8 Å². The van der Waals surface area contributed by atoms with E-state index in [0.717, 1.165) is 17.0 Å². The van der Waals surface area contributed by atoms with Crippen LogP contribution < -0.4 is 4.74 Å². The third-order valence-electron chi connectivity index (χ3n) is 6.90. The quantitative estimate of drug-likeness (QED) is 0.430. The number of carbonyl (C=O) groups excluding carboxylic acids is 1. The lowest BCUT2D eigenvalue weighted by Gasteiger charge is -2.46. The van der Waals surface area contributed by atoms with E-state index < -0.39 is 46.4 Å². The van der Waals surface area contributed by atoms with E-state index in [0.29, 0.717) is 11.3 Å². The van der Waals surface area contributed by atoms with Crippen molar-refractivity contribution in [3.63, 3.8) is 0 Å². The molecule has 0 aliphatic carbocycles. The minimum Gasteiger partial charge on any atom is -0.497 e. The maximum Gasteiger partial charge on any atom is 0.427 e. The summed E-state index contributed by atoms with van der Waals surface area (Å²) in [6.45, 7) is -0.766. The Labute approximate surface area is 229 Å². The summed E-state index contributed by atoms with van der Waals surface area (Å²) < 4.78 is 102. The van der Waals surface area contributed by atoms with E-state index in [4.69, 9.17) is 18.9 Å². The Morgan fingerprint density at radius 1 is 1.05 bits per heavy atom. The fourth-order valence-electron chi connectivity index (χ4n) is 4.57. The molecule has 0 radical (unpaired) electrons. The maximum atomic E-state index is 13.6. The number of methoxy groups -OCH3 is 1. The Morgan fingerprint density at radius 2 is 1.70 bits per heavy atom. The van der Waals surface area contributed by atoms with Crippen molar-refractivity contribution in [3.8, 4) is 5.75 Å². The fraction of sp³-hybridized carbons (Fsp3) is 0.500. The number of carbonyl (C=O) groups is 1. The second-order valence-electron chi connectivity index (χ2n) is 9.59. The van der Waals surface area contributed by atoms with Gasteiger partial charge in [-0.25, -0.2) is 17.6 Å². The van der Waals surface area contributed by atoms with Crippen LogP contribution in [0.5, 0.6) is 5.75 Å². The molecule has 2 aliphatic heterocycles. The molecule has 2 aliphatic rings. The van der Waals surface area contributed by atoms with Crippen LogP contribution in [0.4, 0.5) is 22.4 Å². The summed E-state index contributed by atoms with van der Waals surface area (Å²) in [5, 5.41) is 0. The molecule has 0 saturated carbocycles. The van der Waals surface area contributed by atoms with Crippen molar-refractivity contribution in [2.24, 2.45) is 0 Å². The van der Waals surface area contributed by atoms with Gasteiger partial charge in [0.25, 0.3) is 0 Å². The van der Waals surface area contributed by atoms with Crippen molar-refractivity contribution < 1.29 is 49.7 Å². The number of ether oxygens (including phenoxy) is 4. The van der Waals surface area contributed by atoms with Crippen molar-refractivity contribution in [3.05, 3.63) is 59.9 Å². The van der Waals surface area contributed by atoms with Crippen molar-refractivity contribution in [2.45, 2.75) is 42.2 Å². The minimum absolute atomic E-state index is 0.0000259. The number of halogens is 4. The summed E-state index contributed by atoms with van der Waals surface area (Å²) in [7, 11) is -2.42. The molecule has 0 bridgehead atoms. The number of hydrogen-bond acceptors (Lipinski definition) is 7. The van der Waals surface area contributed by atoms with Gasteiger partial charge in [-0.2, -0.15) is 17.5 Å². The van der Waals surface area contributed by atoms with Crippen molar-refractivity contribution in [1.29, 1.82) is 0 Å². The number of alkyl halides is 3. The van der Waals surface area contributed by atoms with Gasteiger partial charge in [0.2, 0.25) is 16.1 Å². The monoisotopic (exact) mass is 590 g/mol. The Balaban J connectivity index is 1.31. The maximum absolute atomic E-state index is 13.6. The average molecular weight is 591 g/mol. The molecule has 2 aromatic carbocycles. The summed E-state index contributed by atoms with van der Waals surface area (Å²) in [5.74, 6) is 0.0308. The molecule has 1 atom stereocenters. The summed E-state index contributed by atoms with van der Waals surface area (Å²) in [4.78, 5) is 13.7. The summed E-state index contributed by atoms with van der Waals surface area (Å²) in [6.07, 6.45) is -8.05. The highest BCUT2D eigenvalue weighted by Gasteiger charge is 2.47. The molecule has 14 heteroatoms. The number of amides is 1. The number of sulfonamides is 1. The van der Waals surface area contributed by atoms with Gasteiger partial charge >= 0.3 is 12.3 Å². The number of hydrogen-bond donors (Lipinski definition) is 0. The molecule has 2 fully saturated rings. The number of morpholine rings is 1. The van der Waals surface area contributed by atoms with E-state index in [9.17, 15) is 30.8 Å². The van der Waals surface area contributed by atoms with Gasteiger partial charge in [0, 0.05) is 26.2 Å². The number of nitrogens with zero attached hydrogens (tertiary/aromatic N) is 2. The molecule has 220 valence electrons. The molecule has 2 aromatic rings. The van der Waals surface area contributed by atoms with Crippen molar-refractivity contribution >= 4 is 16.1 Å². The van der Waals surface area contributed by atoms with Gasteiger partial charge in [0.05, 0.1) is 37.4 Å². The smallest absolute Gasteiger partial charge is 0.427 e. The van der Waals surface area contributed by atoms with E-state index in [-0.39, 0.29) is 57.1 Å². The van der Waals surface area contributed by atoms with Crippen LogP contribution in [0, 0.1) is 5.82 Å². The van der Waals surface area contributed by atoms with Crippen LogP contribution in [0.25, 0.3) is 0 Å². The first-order chi connectivity index (χ1) is 18.9. The Bertz CT molecular complexity index is 1250. The fourth-order valence-corrected chi connectivity index (χ4v) is 6.07. The molecule has 0 unspecified atom stereocenters. The number of likely N-dealkylation sites (tertiary alicyclic amines) is 1. The second-order valence-corrected chi connectivity index (χ2v) is 11.5. The highest BCUT2D eigenvalue weighted by atomic mass is 32.2. The molecule has 2 heterocycles. The zero-order chi connectivity index (χ0) is 29.0. The molecule has 2 saturated heterocycles. The lowest BCUT2D eigenvalue weighted by Crippen LogP contribution is -2.58. The molecule has 0 N–H and O–H groups in total. The Kier molecular flexibility index (Phi) is 9.22. The van der Waals surface area contributed by atoms with Crippen LogP contribution in [0.15, 0.2) is 53.4 Å². The lowest BCUT2D eigenvalue weighted by molar-refractivity contribution is -0.220. The molecule has 1 amide bonds. The third kappa shape index (κ3) is 7.22. The number of piperidine rings is 1. The summed E-state index contributed by atoms with van der Waals surface area (Å²) >= 11 is 0. The highest BCUT2D eigenvalue weighted by molar-refractivity contribution is 7.89. The second kappa shape index (κ2) is 12.3. The van der Waals surface area contributed by atoms with E-state index in [1.165, 1.54) is 23.5 Å². The van der Waals surface area contributed by atoms with E-state index in [1.807, 2.05) is 0 Å². The first-order valence-electron chi connectivity index (χ1n) is 12.5.